The Morgan fingerprint density at radius 3 is 2.55 bits per heavy atom. The maximum Gasteiger partial charge on any atom is 0.293 e. The molecule has 5 rings (SSSR count). The van der Waals surface area contributed by atoms with Gasteiger partial charge in [0.2, 0.25) is 0 Å². The fourth-order valence-electron chi connectivity index (χ4n) is 3.21. The van der Waals surface area contributed by atoms with Gasteiger partial charge in [-0.1, -0.05) is 35.9 Å². The third kappa shape index (κ3) is 3.88. The van der Waals surface area contributed by atoms with Gasteiger partial charge in [0.05, 0.1) is 5.69 Å². The molecule has 0 radical (unpaired) electrons. The maximum absolute atomic E-state index is 12.5. The van der Waals surface area contributed by atoms with Crippen LogP contribution in [-0.2, 0) is 0 Å². The zero-order valence-electron chi connectivity index (χ0n) is 16.5. The fraction of sp³-hybridized carbons (Fsp3) is 0.0435. The minimum absolute atomic E-state index is 0.163. The Kier molecular flexibility index (Phi) is 4.68. The molecular formula is C23H17N5O2S. The van der Waals surface area contributed by atoms with Gasteiger partial charge in [-0.3, -0.25) is 10.1 Å². The summed E-state index contributed by atoms with van der Waals surface area (Å²) in [5.74, 6) is -0.220. The summed E-state index contributed by atoms with van der Waals surface area (Å²) in [6.07, 6.45) is 0. The summed E-state index contributed by atoms with van der Waals surface area (Å²) < 4.78 is 5.57. The summed E-state index contributed by atoms with van der Waals surface area (Å²) >= 11 is 5.28. The predicted octanol–water partition coefficient (Wildman–Crippen LogP) is 4.60. The molecule has 0 atom stereocenters. The summed E-state index contributed by atoms with van der Waals surface area (Å²) in [5.41, 5.74) is 4.85. The van der Waals surface area contributed by atoms with Crippen LogP contribution < -0.4 is 10.6 Å². The van der Waals surface area contributed by atoms with Crippen LogP contribution in [0.1, 0.15) is 16.1 Å². The number of rotatable bonds is 3. The van der Waals surface area contributed by atoms with E-state index in [1.807, 2.05) is 73.7 Å². The number of nitrogens with one attached hydrogen (secondary N) is 2. The Labute approximate surface area is 182 Å². The number of aromatic nitrogens is 3. The van der Waals surface area contributed by atoms with Crippen LogP contribution in [0.25, 0.3) is 27.7 Å². The normalized spacial score (nSPS) is 11.0. The average Bonchev–Trinajstić information content (AvgIpc) is 3.38. The number of fused-ring (bicyclic) bond motifs is 2. The summed E-state index contributed by atoms with van der Waals surface area (Å²) in [4.78, 5) is 14.0. The molecule has 2 heterocycles. The lowest BCUT2D eigenvalue weighted by molar-refractivity contribution is 0.0953. The van der Waals surface area contributed by atoms with Gasteiger partial charge >= 0.3 is 0 Å². The molecule has 2 aromatic heterocycles. The Balaban J connectivity index is 1.30. The van der Waals surface area contributed by atoms with E-state index in [1.165, 1.54) is 5.56 Å². The molecule has 5 aromatic rings. The van der Waals surface area contributed by atoms with Crippen molar-refractivity contribution in [3.05, 3.63) is 84.1 Å². The summed E-state index contributed by atoms with van der Waals surface area (Å²) in [7, 11) is 0. The number of carbonyl (C=O) groups excluding carboxylic acids is 1. The molecule has 7 nitrogen and oxygen atoms in total. The second kappa shape index (κ2) is 7.66. The van der Waals surface area contributed by atoms with E-state index >= 15 is 0 Å². The number of amides is 1. The monoisotopic (exact) mass is 427 g/mol. The first-order chi connectivity index (χ1) is 15.0. The van der Waals surface area contributed by atoms with E-state index in [9.17, 15) is 4.79 Å². The Morgan fingerprint density at radius 2 is 1.74 bits per heavy atom. The van der Waals surface area contributed by atoms with Crippen LogP contribution in [0.2, 0.25) is 0 Å². The van der Waals surface area contributed by atoms with Crippen molar-refractivity contribution in [3.63, 3.8) is 0 Å². The molecule has 3 aromatic carbocycles. The van der Waals surface area contributed by atoms with Gasteiger partial charge in [0.25, 0.3) is 5.91 Å². The summed E-state index contributed by atoms with van der Waals surface area (Å²) in [6.45, 7) is 2.03. The number of benzene rings is 3. The third-order valence-corrected chi connectivity index (χ3v) is 4.98. The van der Waals surface area contributed by atoms with Crippen molar-refractivity contribution < 1.29 is 9.21 Å². The molecular weight excluding hydrogens is 410 g/mol. The molecule has 8 heteroatoms. The number of hydrogen-bond acceptors (Lipinski definition) is 5. The molecule has 0 aliphatic heterocycles. The van der Waals surface area contributed by atoms with Crippen molar-refractivity contribution in [2.24, 2.45) is 0 Å². The molecule has 0 aliphatic carbocycles. The number of thiocarbonyl (C=S) groups is 1. The van der Waals surface area contributed by atoms with Crippen LogP contribution in [0, 0.1) is 6.92 Å². The smallest absolute Gasteiger partial charge is 0.293 e. The number of para-hydroxylation sites is 1. The minimum Gasteiger partial charge on any atom is -0.451 e. The minimum atomic E-state index is -0.417. The van der Waals surface area contributed by atoms with Crippen LogP contribution in [0.5, 0.6) is 0 Å². The van der Waals surface area contributed by atoms with E-state index in [2.05, 4.69) is 20.8 Å². The van der Waals surface area contributed by atoms with Gasteiger partial charge in [0.1, 0.15) is 16.6 Å². The predicted molar refractivity (Wildman–Crippen MR) is 124 cm³/mol. The van der Waals surface area contributed by atoms with E-state index < -0.39 is 5.91 Å². The molecule has 0 saturated carbocycles. The highest BCUT2D eigenvalue weighted by Crippen LogP contribution is 2.20. The van der Waals surface area contributed by atoms with Crippen molar-refractivity contribution in [2.75, 3.05) is 5.32 Å². The van der Waals surface area contributed by atoms with Crippen molar-refractivity contribution in [3.8, 4) is 5.69 Å². The van der Waals surface area contributed by atoms with E-state index in [0.29, 0.717) is 16.8 Å². The number of anilines is 1. The second-order valence-corrected chi connectivity index (χ2v) is 7.49. The molecule has 0 unspecified atom stereocenters. The van der Waals surface area contributed by atoms with Crippen molar-refractivity contribution in [2.45, 2.75) is 6.92 Å². The van der Waals surface area contributed by atoms with Gasteiger partial charge < -0.3 is 9.73 Å². The Morgan fingerprint density at radius 1 is 0.968 bits per heavy atom. The van der Waals surface area contributed by atoms with Gasteiger partial charge in [-0.15, -0.1) is 10.2 Å². The molecule has 0 spiro atoms. The molecule has 0 aliphatic rings. The molecule has 1 amide bonds. The first-order valence-electron chi connectivity index (χ1n) is 9.60. The average molecular weight is 427 g/mol. The lowest BCUT2D eigenvalue weighted by Gasteiger charge is -2.08. The van der Waals surface area contributed by atoms with Crippen LogP contribution >= 0.6 is 12.2 Å². The first-order valence-corrected chi connectivity index (χ1v) is 10.0. The molecule has 0 fully saturated rings. The quantitative estimate of drug-likeness (QED) is 0.409. The number of nitrogens with zero attached hydrogens (tertiary/aromatic N) is 3. The van der Waals surface area contributed by atoms with Gasteiger partial charge in [-0.2, -0.15) is 4.80 Å². The van der Waals surface area contributed by atoms with Crippen LogP contribution in [0.4, 0.5) is 5.69 Å². The number of furan rings is 1. The number of aryl methyl sites for hydroxylation is 1. The zero-order valence-corrected chi connectivity index (χ0v) is 17.3. The lowest BCUT2D eigenvalue weighted by atomic mass is 10.2. The first kappa shape index (κ1) is 19.0. The second-order valence-electron chi connectivity index (χ2n) is 7.09. The molecule has 152 valence electrons. The van der Waals surface area contributed by atoms with Crippen molar-refractivity contribution in [1.82, 2.24) is 20.3 Å². The highest BCUT2D eigenvalue weighted by atomic mass is 32.1. The molecule has 0 saturated heterocycles. The van der Waals surface area contributed by atoms with Crippen LogP contribution in [0.15, 0.2) is 77.2 Å². The maximum atomic E-state index is 12.5. The van der Waals surface area contributed by atoms with Gasteiger partial charge in [-0.25, -0.2) is 0 Å². The Hall–Kier alpha value is -4.04. The van der Waals surface area contributed by atoms with Gasteiger partial charge in [0, 0.05) is 11.1 Å². The standard InChI is InChI=1S/C23H17N5O2S/c1-14-6-9-17(10-7-14)28-26-18-11-8-16(13-19(18)27-28)24-23(31)25-22(29)21-12-15-4-2-3-5-20(15)30-21/h2-13H,1H3,(H2,24,25,29,31). The van der Waals surface area contributed by atoms with Crippen LogP contribution in [-0.4, -0.2) is 26.0 Å². The molecule has 31 heavy (non-hydrogen) atoms. The van der Waals surface area contributed by atoms with E-state index in [0.717, 1.165) is 16.6 Å². The number of carbonyl (C=O) groups is 1. The summed E-state index contributed by atoms with van der Waals surface area (Å²) in [6, 6.07) is 22.6. The lowest BCUT2D eigenvalue weighted by Crippen LogP contribution is -2.33. The van der Waals surface area contributed by atoms with Gasteiger partial charge in [-0.05, 0) is 61.6 Å². The van der Waals surface area contributed by atoms with Crippen LogP contribution in [0.3, 0.4) is 0 Å². The van der Waals surface area contributed by atoms with E-state index in [4.69, 9.17) is 16.6 Å². The Bertz CT molecular complexity index is 1400. The SMILES string of the molecule is Cc1ccc(-n2nc3ccc(NC(=S)NC(=O)c4cc5ccccc5o4)cc3n2)cc1. The zero-order chi connectivity index (χ0) is 21.4. The summed E-state index contributed by atoms with van der Waals surface area (Å²) in [5, 5.41) is 15.7. The number of hydrogen-bond donors (Lipinski definition) is 2. The molecule has 2 N–H and O–H groups in total. The fourth-order valence-corrected chi connectivity index (χ4v) is 3.42. The highest BCUT2D eigenvalue weighted by Gasteiger charge is 2.14. The van der Waals surface area contributed by atoms with E-state index in [-0.39, 0.29) is 10.9 Å². The van der Waals surface area contributed by atoms with Gasteiger partial charge in [0.15, 0.2) is 10.9 Å². The topological polar surface area (TPSA) is 85.0 Å². The van der Waals surface area contributed by atoms with Crippen molar-refractivity contribution in [1.29, 1.82) is 0 Å². The third-order valence-electron chi connectivity index (χ3n) is 4.78. The molecule has 0 bridgehead atoms. The van der Waals surface area contributed by atoms with Crippen molar-refractivity contribution >= 4 is 50.9 Å². The largest absolute Gasteiger partial charge is 0.451 e. The highest BCUT2D eigenvalue weighted by molar-refractivity contribution is 7.80. The van der Waals surface area contributed by atoms with E-state index in [1.54, 1.807) is 10.9 Å².